The van der Waals surface area contributed by atoms with Crippen molar-refractivity contribution >= 4 is 17.2 Å². The number of halogens is 1. The summed E-state index contributed by atoms with van der Waals surface area (Å²) in [5, 5.41) is 0. The quantitative estimate of drug-likeness (QED) is 0.794. The van der Waals surface area contributed by atoms with Gasteiger partial charge in [-0.3, -0.25) is 4.90 Å². The predicted molar refractivity (Wildman–Crippen MR) is 64.3 cm³/mol. The summed E-state index contributed by atoms with van der Waals surface area (Å²) in [5.74, 6) is -0.201. The average Bonchev–Trinajstić information content (AvgIpc) is 2.08. The van der Waals surface area contributed by atoms with Crippen molar-refractivity contribution in [2.75, 3.05) is 13.6 Å². The van der Waals surface area contributed by atoms with Gasteiger partial charge in [-0.1, -0.05) is 18.3 Å². The van der Waals surface area contributed by atoms with Crippen molar-refractivity contribution in [3.05, 3.63) is 35.1 Å². The Balaban J connectivity index is 2.68. The van der Waals surface area contributed by atoms with E-state index >= 15 is 0 Å². The lowest BCUT2D eigenvalue weighted by molar-refractivity contribution is 0.373. The van der Waals surface area contributed by atoms with E-state index in [4.69, 9.17) is 18.0 Å². The lowest BCUT2D eigenvalue weighted by Gasteiger charge is -2.17. The first kappa shape index (κ1) is 12.1. The Kier molecular flexibility index (Phi) is 4.17. The molecule has 0 atom stereocenters. The maximum Gasteiger partial charge on any atom is 0.123 e. The first-order chi connectivity index (χ1) is 6.99. The molecule has 0 saturated carbocycles. The molecule has 0 aromatic heterocycles. The summed E-state index contributed by atoms with van der Waals surface area (Å²) in [4.78, 5) is 2.47. The highest BCUT2D eigenvalue weighted by atomic mass is 32.1. The third-order valence-corrected chi connectivity index (χ3v) is 2.30. The van der Waals surface area contributed by atoms with Gasteiger partial charge in [0, 0.05) is 13.1 Å². The lowest BCUT2D eigenvalue weighted by Crippen LogP contribution is -2.29. The van der Waals surface area contributed by atoms with E-state index in [9.17, 15) is 4.39 Å². The first-order valence-electron chi connectivity index (χ1n) is 4.71. The molecule has 0 fully saturated rings. The van der Waals surface area contributed by atoms with Crippen LogP contribution in [0.2, 0.25) is 0 Å². The van der Waals surface area contributed by atoms with Gasteiger partial charge >= 0.3 is 0 Å². The maximum atomic E-state index is 12.8. The van der Waals surface area contributed by atoms with Crippen LogP contribution in [0.1, 0.15) is 11.1 Å². The van der Waals surface area contributed by atoms with Gasteiger partial charge in [0.05, 0.1) is 4.99 Å². The monoisotopic (exact) mass is 226 g/mol. The van der Waals surface area contributed by atoms with Gasteiger partial charge in [0.15, 0.2) is 0 Å². The van der Waals surface area contributed by atoms with E-state index in [1.807, 2.05) is 18.9 Å². The number of thiocarbonyl (C=S) groups is 1. The lowest BCUT2D eigenvalue weighted by atomic mass is 10.1. The van der Waals surface area contributed by atoms with Gasteiger partial charge in [-0.15, -0.1) is 0 Å². The normalized spacial score (nSPS) is 10.7. The Hall–Kier alpha value is -1.00. The van der Waals surface area contributed by atoms with E-state index in [1.165, 1.54) is 12.1 Å². The number of aryl methyl sites for hydroxylation is 1. The van der Waals surface area contributed by atoms with Crippen LogP contribution in [0, 0.1) is 12.7 Å². The molecule has 2 N–H and O–H groups in total. The summed E-state index contributed by atoms with van der Waals surface area (Å²) < 4.78 is 12.8. The second-order valence-electron chi connectivity index (χ2n) is 3.71. The number of benzene rings is 1. The first-order valence-corrected chi connectivity index (χ1v) is 5.11. The van der Waals surface area contributed by atoms with Gasteiger partial charge in [0.25, 0.3) is 0 Å². The van der Waals surface area contributed by atoms with E-state index in [0.717, 1.165) is 17.7 Å². The van der Waals surface area contributed by atoms with E-state index in [-0.39, 0.29) is 5.82 Å². The van der Waals surface area contributed by atoms with Gasteiger partial charge in [0.2, 0.25) is 0 Å². The van der Waals surface area contributed by atoms with Crippen molar-refractivity contribution in [2.24, 2.45) is 5.73 Å². The highest BCUT2D eigenvalue weighted by Crippen LogP contribution is 2.11. The minimum atomic E-state index is -0.201. The fraction of sp³-hybridized carbons (Fsp3) is 0.364. The Labute approximate surface area is 94.9 Å². The molecule has 82 valence electrons. The second-order valence-corrected chi connectivity index (χ2v) is 4.23. The molecule has 15 heavy (non-hydrogen) atoms. The van der Waals surface area contributed by atoms with Crippen LogP contribution < -0.4 is 5.73 Å². The number of nitrogens with zero attached hydrogens (tertiary/aromatic N) is 1. The topological polar surface area (TPSA) is 29.3 Å². The Morgan fingerprint density at radius 2 is 2.20 bits per heavy atom. The zero-order chi connectivity index (χ0) is 11.4. The molecule has 4 heteroatoms. The Bertz CT molecular complexity index is 366. The molecule has 0 aliphatic carbocycles. The van der Waals surface area contributed by atoms with E-state index < -0.39 is 0 Å². The standard InChI is InChI=1S/C11H15FN2S/c1-8-5-10(12)4-3-9(8)6-14(2)7-11(13)15/h3-5H,6-7H2,1-2H3,(H2,13,15). The SMILES string of the molecule is Cc1cc(F)ccc1CN(C)CC(N)=S. The van der Waals surface area contributed by atoms with Crippen LogP contribution in [0.4, 0.5) is 4.39 Å². The van der Waals surface area contributed by atoms with Crippen LogP contribution >= 0.6 is 12.2 Å². The molecule has 1 rings (SSSR count). The van der Waals surface area contributed by atoms with Crippen molar-refractivity contribution < 1.29 is 4.39 Å². The molecule has 1 aromatic rings. The molecule has 0 radical (unpaired) electrons. The molecule has 0 amide bonds. The molecule has 2 nitrogen and oxygen atoms in total. The molecule has 0 heterocycles. The molecule has 0 spiro atoms. The van der Waals surface area contributed by atoms with Crippen molar-refractivity contribution in [2.45, 2.75) is 13.5 Å². The van der Waals surface area contributed by atoms with Crippen LogP contribution in [0.25, 0.3) is 0 Å². The minimum absolute atomic E-state index is 0.201. The molecular weight excluding hydrogens is 211 g/mol. The number of hydrogen-bond donors (Lipinski definition) is 1. The molecular formula is C11H15FN2S. The highest BCUT2D eigenvalue weighted by Gasteiger charge is 2.04. The van der Waals surface area contributed by atoms with Gasteiger partial charge in [-0.2, -0.15) is 0 Å². The summed E-state index contributed by atoms with van der Waals surface area (Å²) in [6, 6.07) is 4.79. The van der Waals surface area contributed by atoms with Crippen LogP contribution in [-0.4, -0.2) is 23.5 Å². The van der Waals surface area contributed by atoms with Gasteiger partial charge < -0.3 is 5.73 Å². The summed E-state index contributed by atoms with van der Waals surface area (Å²) in [5.41, 5.74) is 7.48. The summed E-state index contributed by atoms with van der Waals surface area (Å²) in [6.45, 7) is 3.20. The van der Waals surface area contributed by atoms with Crippen molar-refractivity contribution in [1.82, 2.24) is 4.90 Å². The fourth-order valence-electron chi connectivity index (χ4n) is 1.45. The van der Waals surface area contributed by atoms with Crippen LogP contribution in [0.3, 0.4) is 0 Å². The summed E-state index contributed by atoms with van der Waals surface area (Å²) >= 11 is 4.82. The maximum absolute atomic E-state index is 12.8. The van der Waals surface area contributed by atoms with Gasteiger partial charge in [0.1, 0.15) is 5.82 Å². The predicted octanol–water partition coefficient (Wildman–Crippen LogP) is 1.85. The molecule has 0 aliphatic heterocycles. The largest absolute Gasteiger partial charge is 0.392 e. The molecule has 0 aliphatic rings. The van der Waals surface area contributed by atoms with Gasteiger partial charge in [-0.25, -0.2) is 4.39 Å². The third-order valence-electron chi connectivity index (χ3n) is 2.17. The van der Waals surface area contributed by atoms with Crippen molar-refractivity contribution in [3.63, 3.8) is 0 Å². The average molecular weight is 226 g/mol. The highest BCUT2D eigenvalue weighted by molar-refractivity contribution is 7.80. The van der Waals surface area contributed by atoms with Crippen molar-refractivity contribution in [1.29, 1.82) is 0 Å². The third kappa shape index (κ3) is 3.93. The zero-order valence-corrected chi connectivity index (χ0v) is 9.77. The molecule has 0 saturated heterocycles. The van der Waals surface area contributed by atoms with E-state index in [2.05, 4.69) is 0 Å². The van der Waals surface area contributed by atoms with Crippen LogP contribution in [0.15, 0.2) is 18.2 Å². The number of likely N-dealkylation sites (N-methyl/N-ethyl adjacent to an activating group) is 1. The van der Waals surface area contributed by atoms with E-state index in [0.29, 0.717) is 11.5 Å². The second kappa shape index (κ2) is 5.19. The summed E-state index contributed by atoms with van der Waals surface area (Å²) in [7, 11) is 1.93. The molecule has 1 aromatic carbocycles. The van der Waals surface area contributed by atoms with Crippen LogP contribution in [-0.2, 0) is 6.54 Å². The molecule has 0 bridgehead atoms. The number of rotatable bonds is 4. The van der Waals surface area contributed by atoms with Crippen molar-refractivity contribution in [3.8, 4) is 0 Å². The van der Waals surface area contributed by atoms with Crippen LogP contribution in [0.5, 0.6) is 0 Å². The smallest absolute Gasteiger partial charge is 0.123 e. The molecule has 0 unspecified atom stereocenters. The minimum Gasteiger partial charge on any atom is -0.392 e. The van der Waals surface area contributed by atoms with Gasteiger partial charge in [-0.05, 0) is 37.2 Å². The summed E-state index contributed by atoms with van der Waals surface area (Å²) in [6.07, 6.45) is 0. The Morgan fingerprint density at radius 1 is 1.53 bits per heavy atom. The number of hydrogen-bond acceptors (Lipinski definition) is 2. The zero-order valence-electron chi connectivity index (χ0n) is 8.96. The number of nitrogens with two attached hydrogens (primary N) is 1. The fourth-order valence-corrected chi connectivity index (χ4v) is 1.67. The Morgan fingerprint density at radius 3 is 2.73 bits per heavy atom. The van der Waals surface area contributed by atoms with E-state index in [1.54, 1.807) is 6.07 Å².